The Morgan fingerprint density at radius 3 is 2.27 bits per heavy atom. The summed E-state index contributed by atoms with van der Waals surface area (Å²) in [5.41, 5.74) is 0.0700. The van der Waals surface area contributed by atoms with Crippen LogP contribution in [0.5, 0.6) is 0 Å². The summed E-state index contributed by atoms with van der Waals surface area (Å²) >= 11 is 0. The van der Waals surface area contributed by atoms with Crippen LogP contribution in [-0.2, 0) is 4.79 Å². The number of nitrogens with zero attached hydrogens (tertiary/aromatic N) is 1. The SMILES string of the molecule is CN(C)[C@H]1C(=O)NCC1(C)C. The highest BCUT2D eigenvalue weighted by molar-refractivity contribution is 5.85. The molecule has 1 amide bonds. The van der Waals surface area contributed by atoms with Crippen LogP contribution >= 0.6 is 0 Å². The Hall–Kier alpha value is -0.570. The Balaban J connectivity index is 2.80. The number of carbonyl (C=O) groups is 1. The first-order valence-electron chi connectivity index (χ1n) is 3.89. The molecule has 1 fully saturated rings. The fraction of sp³-hybridized carbons (Fsp3) is 0.875. The van der Waals surface area contributed by atoms with E-state index < -0.39 is 0 Å². The summed E-state index contributed by atoms with van der Waals surface area (Å²) in [4.78, 5) is 13.3. The first-order chi connectivity index (χ1) is 4.95. The molecule has 1 N–H and O–H groups in total. The molecule has 0 saturated carbocycles. The standard InChI is InChI=1S/C8H16N2O/c1-8(2)5-9-7(11)6(8)10(3)4/h6H,5H2,1-4H3,(H,9,11)/t6-/m0/s1. The van der Waals surface area contributed by atoms with Gasteiger partial charge in [0, 0.05) is 12.0 Å². The maximum absolute atomic E-state index is 11.3. The first-order valence-corrected chi connectivity index (χ1v) is 3.89. The third-order valence-corrected chi connectivity index (χ3v) is 2.22. The van der Waals surface area contributed by atoms with Crippen molar-refractivity contribution < 1.29 is 4.79 Å². The van der Waals surface area contributed by atoms with Gasteiger partial charge in [-0.3, -0.25) is 9.69 Å². The van der Waals surface area contributed by atoms with Crippen molar-refractivity contribution in [2.45, 2.75) is 19.9 Å². The maximum atomic E-state index is 11.3. The fourth-order valence-electron chi connectivity index (χ4n) is 1.80. The zero-order chi connectivity index (χ0) is 8.65. The number of nitrogens with one attached hydrogen (secondary N) is 1. The van der Waals surface area contributed by atoms with Gasteiger partial charge in [0.15, 0.2) is 0 Å². The third kappa shape index (κ3) is 1.38. The van der Waals surface area contributed by atoms with Crippen molar-refractivity contribution in [3.05, 3.63) is 0 Å². The van der Waals surface area contributed by atoms with Crippen molar-refractivity contribution >= 4 is 5.91 Å². The molecule has 11 heavy (non-hydrogen) atoms. The van der Waals surface area contributed by atoms with E-state index in [-0.39, 0.29) is 17.4 Å². The molecule has 0 radical (unpaired) electrons. The van der Waals surface area contributed by atoms with Crippen molar-refractivity contribution in [2.24, 2.45) is 5.41 Å². The quantitative estimate of drug-likeness (QED) is 0.583. The average molecular weight is 156 g/mol. The number of hydrogen-bond donors (Lipinski definition) is 1. The molecule has 1 rings (SSSR count). The van der Waals surface area contributed by atoms with Gasteiger partial charge in [-0.05, 0) is 14.1 Å². The molecular formula is C8H16N2O. The van der Waals surface area contributed by atoms with E-state index in [2.05, 4.69) is 19.2 Å². The minimum atomic E-state index is 0.0301. The Morgan fingerprint density at radius 1 is 1.55 bits per heavy atom. The fourth-order valence-corrected chi connectivity index (χ4v) is 1.80. The lowest BCUT2D eigenvalue weighted by Gasteiger charge is -2.28. The summed E-state index contributed by atoms with van der Waals surface area (Å²) in [6.07, 6.45) is 0. The van der Waals surface area contributed by atoms with Gasteiger partial charge in [-0.15, -0.1) is 0 Å². The maximum Gasteiger partial charge on any atom is 0.237 e. The molecule has 1 atom stereocenters. The van der Waals surface area contributed by atoms with Crippen molar-refractivity contribution in [1.29, 1.82) is 0 Å². The van der Waals surface area contributed by atoms with Crippen molar-refractivity contribution in [3.8, 4) is 0 Å². The number of likely N-dealkylation sites (N-methyl/N-ethyl adjacent to an activating group) is 1. The van der Waals surface area contributed by atoms with Gasteiger partial charge in [0.25, 0.3) is 0 Å². The molecule has 0 spiro atoms. The normalized spacial score (nSPS) is 29.2. The Morgan fingerprint density at radius 2 is 2.09 bits per heavy atom. The highest BCUT2D eigenvalue weighted by atomic mass is 16.2. The smallest absolute Gasteiger partial charge is 0.237 e. The summed E-state index contributed by atoms with van der Waals surface area (Å²) in [6, 6.07) is 0.0301. The molecule has 0 unspecified atom stereocenters. The van der Waals surface area contributed by atoms with Crippen molar-refractivity contribution in [1.82, 2.24) is 10.2 Å². The van der Waals surface area contributed by atoms with Crippen LogP contribution in [0, 0.1) is 5.41 Å². The van der Waals surface area contributed by atoms with Crippen molar-refractivity contribution in [3.63, 3.8) is 0 Å². The lowest BCUT2D eigenvalue weighted by atomic mass is 9.87. The second-order valence-electron chi connectivity index (χ2n) is 4.07. The molecule has 0 bridgehead atoms. The van der Waals surface area contributed by atoms with E-state index in [1.807, 2.05) is 19.0 Å². The van der Waals surface area contributed by atoms with Gasteiger partial charge < -0.3 is 5.32 Å². The Bertz CT molecular complexity index is 175. The summed E-state index contributed by atoms with van der Waals surface area (Å²) in [5.74, 6) is 0.153. The molecule has 1 heterocycles. The highest BCUT2D eigenvalue weighted by Gasteiger charge is 2.42. The molecule has 0 aromatic heterocycles. The van der Waals surface area contributed by atoms with Gasteiger partial charge in [0.2, 0.25) is 5.91 Å². The van der Waals surface area contributed by atoms with Crippen LogP contribution in [0.25, 0.3) is 0 Å². The molecule has 3 heteroatoms. The van der Waals surface area contributed by atoms with Crippen LogP contribution < -0.4 is 5.32 Å². The van der Waals surface area contributed by atoms with Gasteiger partial charge in [0.05, 0.1) is 6.04 Å². The molecule has 0 aliphatic carbocycles. The second kappa shape index (κ2) is 2.48. The summed E-state index contributed by atoms with van der Waals surface area (Å²) < 4.78 is 0. The minimum Gasteiger partial charge on any atom is -0.354 e. The third-order valence-electron chi connectivity index (χ3n) is 2.22. The number of amides is 1. The summed E-state index contributed by atoms with van der Waals surface area (Å²) in [7, 11) is 3.88. The van der Waals surface area contributed by atoms with Gasteiger partial charge in [-0.2, -0.15) is 0 Å². The lowest BCUT2D eigenvalue weighted by molar-refractivity contribution is -0.124. The van der Waals surface area contributed by atoms with Gasteiger partial charge in [-0.25, -0.2) is 0 Å². The largest absolute Gasteiger partial charge is 0.354 e. The van der Waals surface area contributed by atoms with Gasteiger partial charge in [0.1, 0.15) is 0 Å². The van der Waals surface area contributed by atoms with E-state index >= 15 is 0 Å². The van der Waals surface area contributed by atoms with E-state index in [9.17, 15) is 4.79 Å². The van der Waals surface area contributed by atoms with Crippen LogP contribution in [0.1, 0.15) is 13.8 Å². The molecule has 3 nitrogen and oxygen atoms in total. The predicted molar refractivity (Wildman–Crippen MR) is 44.3 cm³/mol. The molecule has 0 aromatic carbocycles. The Labute approximate surface area is 67.8 Å². The number of hydrogen-bond acceptors (Lipinski definition) is 2. The molecule has 1 aliphatic heterocycles. The number of rotatable bonds is 1. The predicted octanol–water partition coefficient (Wildman–Crippen LogP) is 0.0726. The van der Waals surface area contributed by atoms with E-state index in [1.54, 1.807) is 0 Å². The molecule has 1 saturated heterocycles. The average Bonchev–Trinajstić information content (AvgIpc) is 2.06. The van der Waals surface area contributed by atoms with Gasteiger partial charge in [-0.1, -0.05) is 13.8 Å². The van der Waals surface area contributed by atoms with Crippen LogP contribution in [0.4, 0.5) is 0 Å². The zero-order valence-corrected chi connectivity index (χ0v) is 7.64. The molecular weight excluding hydrogens is 140 g/mol. The first kappa shape index (κ1) is 8.53. The molecule has 64 valence electrons. The molecule has 1 aliphatic rings. The summed E-state index contributed by atoms with van der Waals surface area (Å²) in [5, 5.41) is 2.86. The highest BCUT2D eigenvalue weighted by Crippen LogP contribution is 2.27. The van der Waals surface area contributed by atoms with E-state index in [1.165, 1.54) is 0 Å². The zero-order valence-electron chi connectivity index (χ0n) is 7.64. The Kier molecular flexibility index (Phi) is 1.92. The number of carbonyl (C=O) groups excluding carboxylic acids is 1. The van der Waals surface area contributed by atoms with Gasteiger partial charge >= 0.3 is 0 Å². The minimum absolute atomic E-state index is 0.0301. The van der Waals surface area contributed by atoms with E-state index in [0.29, 0.717) is 0 Å². The molecule has 0 aromatic rings. The monoisotopic (exact) mass is 156 g/mol. The second-order valence-corrected chi connectivity index (χ2v) is 4.07. The topological polar surface area (TPSA) is 32.3 Å². The van der Waals surface area contributed by atoms with Crippen LogP contribution in [0.3, 0.4) is 0 Å². The summed E-state index contributed by atoms with van der Waals surface area (Å²) in [6.45, 7) is 5.00. The van der Waals surface area contributed by atoms with E-state index in [0.717, 1.165) is 6.54 Å². The van der Waals surface area contributed by atoms with Crippen molar-refractivity contribution in [2.75, 3.05) is 20.6 Å². The van der Waals surface area contributed by atoms with Crippen LogP contribution in [0.15, 0.2) is 0 Å². The van der Waals surface area contributed by atoms with E-state index in [4.69, 9.17) is 0 Å². The van der Waals surface area contributed by atoms with Crippen LogP contribution in [-0.4, -0.2) is 37.5 Å². The van der Waals surface area contributed by atoms with Crippen LogP contribution in [0.2, 0.25) is 0 Å². The lowest BCUT2D eigenvalue weighted by Crippen LogP contribution is -2.42.